The van der Waals surface area contributed by atoms with Crippen LogP contribution >= 0.6 is 0 Å². The van der Waals surface area contributed by atoms with Crippen molar-refractivity contribution in [2.45, 2.75) is 19.6 Å². The first-order valence-electron chi connectivity index (χ1n) is 7.55. The maximum Gasteiger partial charge on any atom is 0.261 e. The molecule has 1 unspecified atom stereocenters. The number of hydrogen-bond donors (Lipinski definition) is 1. The standard InChI is InChI=1S/C19H18N2O2/c1-14(19(22)21-13-15-9-11-20-12-10-15)23-18-8-4-6-16-5-2-3-7-17(16)18/h2-12,14H,13H2,1H3,(H,21,22). The summed E-state index contributed by atoms with van der Waals surface area (Å²) in [6, 6.07) is 17.5. The van der Waals surface area contributed by atoms with Crippen molar-refractivity contribution in [2.24, 2.45) is 0 Å². The molecule has 0 bridgehead atoms. The number of rotatable bonds is 5. The Bertz CT molecular complexity index is 797. The van der Waals surface area contributed by atoms with Crippen molar-refractivity contribution in [3.8, 4) is 5.75 Å². The third-order valence-corrected chi connectivity index (χ3v) is 3.64. The van der Waals surface area contributed by atoms with Crippen LogP contribution in [-0.4, -0.2) is 17.0 Å². The lowest BCUT2D eigenvalue weighted by Gasteiger charge is -2.16. The second-order valence-corrected chi connectivity index (χ2v) is 5.31. The Morgan fingerprint density at radius 1 is 1.09 bits per heavy atom. The van der Waals surface area contributed by atoms with Gasteiger partial charge in [-0.3, -0.25) is 9.78 Å². The molecule has 23 heavy (non-hydrogen) atoms. The van der Waals surface area contributed by atoms with E-state index in [9.17, 15) is 4.79 Å². The number of carbonyl (C=O) groups excluding carboxylic acids is 1. The van der Waals surface area contributed by atoms with E-state index in [2.05, 4.69) is 10.3 Å². The van der Waals surface area contributed by atoms with E-state index in [0.29, 0.717) is 6.54 Å². The summed E-state index contributed by atoms with van der Waals surface area (Å²) < 4.78 is 5.85. The molecule has 2 aromatic carbocycles. The first kappa shape index (κ1) is 15.0. The van der Waals surface area contributed by atoms with Gasteiger partial charge < -0.3 is 10.1 Å². The Hall–Kier alpha value is -2.88. The van der Waals surface area contributed by atoms with E-state index in [1.54, 1.807) is 19.3 Å². The molecule has 1 N–H and O–H groups in total. The number of hydrogen-bond acceptors (Lipinski definition) is 3. The van der Waals surface area contributed by atoms with Crippen molar-refractivity contribution in [3.05, 3.63) is 72.6 Å². The van der Waals surface area contributed by atoms with Crippen molar-refractivity contribution in [3.63, 3.8) is 0 Å². The van der Waals surface area contributed by atoms with Gasteiger partial charge in [-0.05, 0) is 36.1 Å². The van der Waals surface area contributed by atoms with Crippen LogP contribution in [0, 0.1) is 0 Å². The number of pyridine rings is 1. The van der Waals surface area contributed by atoms with Crippen LogP contribution < -0.4 is 10.1 Å². The SMILES string of the molecule is CC(Oc1cccc2ccccc12)C(=O)NCc1ccncc1. The Morgan fingerprint density at radius 2 is 1.83 bits per heavy atom. The van der Waals surface area contributed by atoms with Gasteiger partial charge in [0.25, 0.3) is 5.91 Å². The minimum atomic E-state index is -0.567. The minimum Gasteiger partial charge on any atom is -0.480 e. The molecule has 0 aliphatic heterocycles. The molecule has 4 nitrogen and oxygen atoms in total. The summed E-state index contributed by atoms with van der Waals surface area (Å²) in [5.41, 5.74) is 1.01. The fraction of sp³-hybridized carbons (Fsp3) is 0.158. The molecular weight excluding hydrogens is 288 g/mol. The molecule has 0 fully saturated rings. The average Bonchev–Trinajstić information content (AvgIpc) is 2.61. The molecule has 116 valence electrons. The van der Waals surface area contributed by atoms with Gasteiger partial charge in [-0.15, -0.1) is 0 Å². The van der Waals surface area contributed by atoms with Gasteiger partial charge in [-0.2, -0.15) is 0 Å². The van der Waals surface area contributed by atoms with Crippen molar-refractivity contribution in [1.29, 1.82) is 0 Å². The highest BCUT2D eigenvalue weighted by Gasteiger charge is 2.15. The summed E-state index contributed by atoms with van der Waals surface area (Å²) in [5, 5.41) is 4.97. The molecular formula is C19H18N2O2. The number of fused-ring (bicyclic) bond motifs is 1. The number of amides is 1. The molecule has 0 radical (unpaired) electrons. The number of ether oxygens (including phenoxy) is 1. The Labute approximate surface area is 135 Å². The van der Waals surface area contributed by atoms with Gasteiger partial charge >= 0.3 is 0 Å². The molecule has 1 amide bonds. The lowest BCUT2D eigenvalue weighted by Crippen LogP contribution is -2.35. The summed E-state index contributed by atoms with van der Waals surface area (Å²) in [4.78, 5) is 16.2. The van der Waals surface area contributed by atoms with Crippen molar-refractivity contribution in [2.75, 3.05) is 0 Å². The molecule has 1 heterocycles. The second-order valence-electron chi connectivity index (χ2n) is 5.31. The van der Waals surface area contributed by atoms with E-state index in [0.717, 1.165) is 22.1 Å². The van der Waals surface area contributed by atoms with Gasteiger partial charge in [0.1, 0.15) is 5.75 Å². The van der Waals surface area contributed by atoms with E-state index in [1.165, 1.54) is 0 Å². The van der Waals surface area contributed by atoms with Crippen LogP contribution in [0.25, 0.3) is 10.8 Å². The van der Waals surface area contributed by atoms with Crippen LogP contribution in [0.5, 0.6) is 5.75 Å². The minimum absolute atomic E-state index is 0.144. The number of nitrogens with zero attached hydrogens (tertiary/aromatic N) is 1. The molecule has 0 aliphatic rings. The first-order chi connectivity index (χ1) is 11.2. The topological polar surface area (TPSA) is 51.2 Å². The lowest BCUT2D eigenvalue weighted by molar-refractivity contribution is -0.127. The normalized spacial score (nSPS) is 11.9. The molecule has 0 aliphatic carbocycles. The Kier molecular flexibility index (Phi) is 4.52. The molecule has 1 atom stereocenters. The fourth-order valence-corrected chi connectivity index (χ4v) is 2.38. The molecule has 3 aromatic rings. The van der Waals surface area contributed by atoms with E-state index in [-0.39, 0.29) is 5.91 Å². The van der Waals surface area contributed by atoms with Crippen LogP contribution in [0.1, 0.15) is 12.5 Å². The van der Waals surface area contributed by atoms with Gasteiger partial charge in [0, 0.05) is 24.3 Å². The number of carbonyl (C=O) groups is 1. The summed E-state index contributed by atoms with van der Waals surface area (Å²) in [7, 11) is 0. The van der Waals surface area contributed by atoms with Crippen LogP contribution in [0.3, 0.4) is 0 Å². The highest BCUT2D eigenvalue weighted by atomic mass is 16.5. The summed E-state index contributed by atoms with van der Waals surface area (Å²) >= 11 is 0. The maximum absolute atomic E-state index is 12.2. The predicted molar refractivity (Wildman–Crippen MR) is 90.1 cm³/mol. The molecule has 4 heteroatoms. The zero-order valence-electron chi connectivity index (χ0n) is 12.9. The zero-order valence-corrected chi connectivity index (χ0v) is 12.9. The summed E-state index contributed by atoms with van der Waals surface area (Å²) in [6.07, 6.45) is 2.84. The molecule has 0 spiro atoms. The van der Waals surface area contributed by atoms with E-state index >= 15 is 0 Å². The van der Waals surface area contributed by atoms with Gasteiger partial charge in [-0.25, -0.2) is 0 Å². The van der Waals surface area contributed by atoms with Crippen LogP contribution in [0.4, 0.5) is 0 Å². The van der Waals surface area contributed by atoms with Gasteiger partial charge in [0.2, 0.25) is 0 Å². The van der Waals surface area contributed by atoms with Gasteiger partial charge in [0.15, 0.2) is 6.10 Å². The highest BCUT2D eigenvalue weighted by Crippen LogP contribution is 2.26. The maximum atomic E-state index is 12.2. The first-order valence-corrected chi connectivity index (χ1v) is 7.55. The Balaban J connectivity index is 1.66. The summed E-state index contributed by atoms with van der Waals surface area (Å²) in [6.45, 7) is 2.22. The number of aromatic nitrogens is 1. The number of benzene rings is 2. The number of nitrogens with one attached hydrogen (secondary N) is 1. The van der Waals surface area contributed by atoms with Crippen molar-refractivity contribution >= 4 is 16.7 Å². The lowest BCUT2D eigenvalue weighted by atomic mass is 10.1. The van der Waals surface area contributed by atoms with Crippen LogP contribution in [-0.2, 0) is 11.3 Å². The van der Waals surface area contributed by atoms with Crippen LogP contribution in [0.2, 0.25) is 0 Å². The molecule has 0 saturated carbocycles. The third kappa shape index (κ3) is 3.66. The average molecular weight is 306 g/mol. The monoisotopic (exact) mass is 306 g/mol. The van der Waals surface area contributed by atoms with E-state index < -0.39 is 6.10 Å². The predicted octanol–water partition coefficient (Wildman–Crippen LogP) is 3.32. The van der Waals surface area contributed by atoms with Crippen molar-refractivity contribution < 1.29 is 9.53 Å². The summed E-state index contributed by atoms with van der Waals surface area (Å²) in [5.74, 6) is 0.574. The second kappa shape index (κ2) is 6.92. The largest absolute Gasteiger partial charge is 0.480 e. The smallest absolute Gasteiger partial charge is 0.261 e. The quantitative estimate of drug-likeness (QED) is 0.786. The Morgan fingerprint density at radius 3 is 2.65 bits per heavy atom. The van der Waals surface area contributed by atoms with Gasteiger partial charge in [0.05, 0.1) is 0 Å². The zero-order chi connectivity index (χ0) is 16.1. The van der Waals surface area contributed by atoms with E-state index in [4.69, 9.17) is 4.74 Å². The van der Waals surface area contributed by atoms with Gasteiger partial charge in [-0.1, -0.05) is 36.4 Å². The third-order valence-electron chi connectivity index (χ3n) is 3.64. The van der Waals surface area contributed by atoms with Crippen LogP contribution in [0.15, 0.2) is 67.0 Å². The molecule has 3 rings (SSSR count). The highest BCUT2D eigenvalue weighted by molar-refractivity contribution is 5.89. The molecule has 0 saturated heterocycles. The van der Waals surface area contributed by atoms with Crippen molar-refractivity contribution in [1.82, 2.24) is 10.3 Å². The molecule has 1 aromatic heterocycles. The fourth-order valence-electron chi connectivity index (χ4n) is 2.38. The van der Waals surface area contributed by atoms with E-state index in [1.807, 2.05) is 54.6 Å².